The number of aromatic amines is 1. The molecule has 2 aromatic rings. The van der Waals surface area contributed by atoms with E-state index in [4.69, 9.17) is 12.2 Å². The lowest BCUT2D eigenvalue weighted by atomic mass is 9.96. The summed E-state index contributed by atoms with van der Waals surface area (Å²) < 4.78 is 1.81. The standard InChI is InChI=1S/C20H26N4O2S/c1-4-5-10-24-19(26)17(18(25)21-20(24)27)16-11-15(22-23-16)14-8-6-13(7-9-14)12(2)3/h6-9,12,15,22,26H,4-5,10-11H2,1-3H3,(H,21,25,27)/t15-/m0/s1. The van der Waals surface area contributed by atoms with E-state index < -0.39 is 5.56 Å². The summed E-state index contributed by atoms with van der Waals surface area (Å²) in [4.78, 5) is 15.1. The predicted molar refractivity (Wildman–Crippen MR) is 110 cm³/mol. The summed E-state index contributed by atoms with van der Waals surface area (Å²) >= 11 is 5.20. The fourth-order valence-corrected chi connectivity index (χ4v) is 3.52. The van der Waals surface area contributed by atoms with E-state index in [1.165, 1.54) is 5.56 Å². The topological polar surface area (TPSA) is 82.4 Å². The van der Waals surface area contributed by atoms with Crippen molar-refractivity contribution < 1.29 is 5.11 Å². The SMILES string of the molecule is CCCCn1c(O)c(C2=NN[C@H](c3ccc(C(C)C)cc3)C2)c(=O)[nH]c1=S. The maximum absolute atomic E-state index is 12.4. The first-order valence-corrected chi connectivity index (χ1v) is 9.81. The Labute approximate surface area is 164 Å². The summed E-state index contributed by atoms with van der Waals surface area (Å²) in [5.41, 5.74) is 5.83. The number of rotatable bonds is 6. The van der Waals surface area contributed by atoms with Crippen molar-refractivity contribution in [3.05, 3.63) is 56.1 Å². The minimum absolute atomic E-state index is 0.0210. The first-order chi connectivity index (χ1) is 12.9. The highest BCUT2D eigenvalue weighted by Gasteiger charge is 2.26. The summed E-state index contributed by atoms with van der Waals surface area (Å²) in [5, 5.41) is 15.0. The molecule has 2 heterocycles. The van der Waals surface area contributed by atoms with Crippen LogP contribution in [0.4, 0.5) is 0 Å². The summed E-state index contributed by atoms with van der Waals surface area (Å²) in [6.07, 6.45) is 2.36. The van der Waals surface area contributed by atoms with Gasteiger partial charge in [0.1, 0.15) is 5.56 Å². The molecule has 0 bridgehead atoms. The molecule has 1 atom stereocenters. The minimum Gasteiger partial charge on any atom is -0.494 e. The van der Waals surface area contributed by atoms with Crippen molar-refractivity contribution in [3.8, 4) is 5.88 Å². The number of aromatic hydroxyl groups is 1. The van der Waals surface area contributed by atoms with Crippen LogP contribution in [0.15, 0.2) is 34.2 Å². The lowest BCUT2D eigenvalue weighted by Gasteiger charge is -2.13. The van der Waals surface area contributed by atoms with E-state index in [-0.39, 0.29) is 22.3 Å². The van der Waals surface area contributed by atoms with Crippen LogP contribution in [0.2, 0.25) is 0 Å². The van der Waals surface area contributed by atoms with Gasteiger partial charge in [-0.05, 0) is 35.7 Å². The maximum Gasteiger partial charge on any atom is 0.264 e. The number of H-pyrrole nitrogens is 1. The highest BCUT2D eigenvalue weighted by Crippen LogP contribution is 2.27. The molecule has 144 valence electrons. The van der Waals surface area contributed by atoms with Crippen molar-refractivity contribution in [1.82, 2.24) is 15.0 Å². The smallest absolute Gasteiger partial charge is 0.264 e. The first kappa shape index (κ1) is 19.4. The molecule has 1 aromatic carbocycles. The molecule has 1 aliphatic rings. The number of nitrogens with one attached hydrogen (secondary N) is 2. The zero-order chi connectivity index (χ0) is 19.6. The lowest BCUT2D eigenvalue weighted by Crippen LogP contribution is -2.22. The second kappa shape index (κ2) is 8.08. The molecule has 0 spiro atoms. The van der Waals surface area contributed by atoms with E-state index in [2.05, 4.69) is 60.5 Å². The largest absolute Gasteiger partial charge is 0.494 e. The van der Waals surface area contributed by atoms with E-state index in [1.807, 2.05) is 0 Å². The molecule has 27 heavy (non-hydrogen) atoms. The number of hydrogen-bond donors (Lipinski definition) is 3. The van der Waals surface area contributed by atoms with E-state index in [0.717, 1.165) is 18.4 Å². The van der Waals surface area contributed by atoms with E-state index in [9.17, 15) is 9.90 Å². The quantitative estimate of drug-likeness (QED) is 0.656. The molecule has 1 aromatic heterocycles. The fourth-order valence-electron chi connectivity index (χ4n) is 3.25. The van der Waals surface area contributed by atoms with E-state index >= 15 is 0 Å². The Morgan fingerprint density at radius 3 is 2.67 bits per heavy atom. The number of nitrogens with zero attached hydrogens (tertiary/aromatic N) is 2. The fraction of sp³-hybridized carbons (Fsp3) is 0.450. The zero-order valence-electron chi connectivity index (χ0n) is 16.0. The Kier molecular flexibility index (Phi) is 5.79. The van der Waals surface area contributed by atoms with Crippen LogP contribution in [0.3, 0.4) is 0 Å². The Balaban J connectivity index is 1.86. The van der Waals surface area contributed by atoms with Crippen molar-refractivity contribution in [3.63, 3.8) is 0 Å². The van der Waals surface area contributed by atoms with Gasteiger partial charge in [-0.3, -0.25) is 14.3 Å². The van der Waals surface area contributed by atoms with Gasteiger partial charge >= 0.3 is 0 Å². The molecule has 7 heteroatoms. The number of unbranched alkanes of at least 4 members (excludes halogenated alkanes) is 1. The van der Waals surface area contributed by atoms with Gasteiger partial charge in [0.05, 0.1) is 11.8 Å². The lowest BCUT2D eigenvalue weighted by molar-refractivity contribution is 0.398. The second-order valence-electron chi connectivity index (χ2n) is 7.23. The molecule has 3 N–H and O–H groups in total. The predicted octanol–water partition coefficient (Wildman–Crippen LogP) is 3.97. The van der Waals surface area contributed by atoms with Crippen LogP contribution in [-0.2, 0) is 6.54 Å². The Morgan fingerprint density at radius 1 is 1.33 bits per heavy atom. The van der Waals surface area contributed by atoms with Crippen LogP contribution in [-0.4, -0.2) is 20.4 Å². The third-order valence-electron chi connectivity index (χ3n) is 4.95. The summed E-state index contributed by atoms with van der Waals surface area (Å²) in [5.74, 6) is 0.377. The van der Waals surface area contributed by atoms with Crippen LogP contribution >= 0.6 is 12.2 Å². The number of hydrogen-bond acceptors (Lipinski definition) is 5. The molecule has 1 aliphatic heterocycles. The monoisotopic (exact) mass is 386 g/mol. The number of hydrazone groups is 1. The zero-order valence-corrected chi connectivity index (χ0v) is 16.8. The average Bonchev–Trinajstić information content (AvgIpc) is 3.11. The molecule has 0 aliphatic carbocycles. The van der Waals surface area contributed by atoms with Crippen molar-refractivity contribution in [2.45, 2.75) is 58.5 Å². The van der Waals surface area contributed by atoms with Crippen molar-refractivity contribution in [1.29, 1.82) is 0 Å². The van der Waals surface area contributed by atoms with Gasteiger partial charge in [-0.25, -0.2) is 0 Å². The van der Waals surface area contributed by atoms with Gasteiger partial charge in [-0.2, -0.15) is 5.10 Å². The molecule has 0 saturated carbocycles. The van der Waals surface area contributed by atoms with Gasteiger partial charge in [0.25, 0.3) is 5.56 Å². The van der Waals surface area contributed by atoms with Crippen LogP contribution in [0.1, 0.15) is 68.7 Å². The van der Waals surface area contributed by atoms with Crippen molar-refractivity contribution in [2.24, 2.45) is 5.10 Å². The van der Waals surface area contributed by atoms with Gasteiger partial charge in [-0.1, -0.05) is 51.5 Å². The van der Waals surface area contributed by atoms with E-state index in [1.54, 1.807) is 4.57 Å². The van der Waals surface area contributed by atoms with Crippen molar-refractivity contribution >= 4 is 17.9 Å². The van der Waals surface area contributed by atoms with Gasteiger partial charge < -0.3 is 10.5 Å². The van der Waals surface area contributed by atoms with Crippen LogP contribution in [0.5, 0.6) is 5.88 Å². The molecular formula is C20H26N4O2S. The molecule has 0 saturated heterocycles. The highest BCUT2D eigenvalue weighted by molar-refractivity contribution is 7.71. The van der Waals surface area contributed by atoms with Crippen molar-refractivity contribution in [2.75, 3.05) is 0 Å². The molecule has 0 amide bonds. The Hall–Kier alpha value is -2.41. The van der Waals surface area contributed by atoms with Gasteiger partial charge in [-0.15, -0.1) is 0 Å². The molecular weight excluding hydrogens is 360 g/mol. The van der Waals surface area contributed by atoms with Gasteiger partial charge in [0.2, 0.25) is 5.88 Å². The molecule has 0 radical (unpaired) electrons. The molecule has 0 fully saturated rings. The summed E-state index contributed by atoms with van der Waals surface area (Å²) in [6, 6.07) is 8.39. The Bertz CT molecular complexity index is 957. The first-order valence-electron chi connectivity index (χ1n) is 9.40. The molecule has 3 rings (SSSR count). The maximum atomic E-state index is 12.4. The third kappa shape index (κ3) is 3.98. The number of benzene rings is 1. The van der Waals surface area contributed by atoms with Crippen LogP contribution in [0, 0.1) is 4.77 Å². The summed E-state index contributed by atoms with van der Waals surface area (Å²) in [7, 11) is 0. The summed E-state index contributed by atoms with van der Waals surface area (Å²) in [6.45, 7) is 6.95. The normalized spacial score (nSPS) is 16.4. The van der Waals surface area contributed by atoms with E-state index in [0.29, 0.717) is 24.6 Å². The Morgan fingerprint density at radius 2 is 2.04 bits per heavy atom. The average molecular weight is 387 g/mol. The second-order valence-corrected chi connectivity index (χ2v) is 7.62. The number of aromatic nitrogens is 2. The van der Waals surface area contributed by atoms with Crippen LogP contribution < -0.4 is 11.0 Å². The molecule has 0 unspecified atom stereocenters. The van der Waals surface area contributed by atoms with Gasteiger partial charge in [0.15, 0.2) is 4.77 Å². The minimum atomic E-state index is -0.401. The van der Waals surface area contributed by atoms with Gasteiger partial charge in [0, 0.05) is 13.0 Å². The molecule has 6 nitrogen and oxygen atoms in total. The van der Waals surface area contributed by atoms with Crippen LogP contribution in [0.25, 0.3) is 0 Å². The highest BCUT2D eigenvalue weighted by atomic mass is 32.1. The third-order valence-corrected chi connectivity index (χ3v) is 5.28.